The van der Waals surface area contributed by atoms with E-state index in [1.54, 1.807) is 0 Å². The molecule has 0 fully saturated rings. The van der Waals surface area contributed by atoms with Gasteiger partial charge in [-0.05, 0) is 22.3 Å². The molecule has 0 heterocycles. The van der Waals surface area contributed by atoms with Gasteiger partial charge in [0.25, 0.3) is 0 Å². The Balaban J connectivity index is 1.97. The van der Waals surface area contributed by atoms with Gasteiger partial charge in [-0.25, -0.2) is 0 Å². The smallest absolute Gasteiger partial charge is 0.140 e. The molecule has 25 heavy (non-hydrogen) atoms. The maximum atomic E-state index is 12.0. The molecule has 0 aromatic heterocycles. The van der Waals surface area contributed by atoms with Gasteiger partial charge in [-0.2, -0.15) is 0 Å². The zero-order valence-electron chi connectivity index (χ0n) is 13.9. The van der Waals surface area contributed by atoms with E-state index < -0.39 is 5.60 Å². The molecule has 0 spiro atoms. The van der Waals surface area contributed by atoms with Gasteiger partial charge in [0.2, 0.25) is 0 Å². The average molecular weight is 324 g/mol. The van der Waals surface area contributed by atoms with Crippen molar-refractivity contribution in [3.05, 3.63) is 131 Å². The van der Waals surface area contributed by atoms with E-state index >= 15 is 0 Å². The first-order chi connectivity index (χ1) is 12.3. The third-order valence-corrected chi connectivity index (χ3v) is 4.84. The summed E-state index contributed by atoms with van der Waals surface area (Å²) in [5.74, 6) is 0.190. The first-order valence-electron chi connectivity index (χ1n) is 8.58. The molecule has 1 nitrogen and oxygen atoms in total. The van der Waals surface area contributed by atoms with Crippen LogP contribution in [0.15, 0.2) is 109 Å². The van der Waals surface area contributed by atoms with Gasteiger partial charge in [-0.3, -0.25) is 0 Å². The van der Waals surface area contributed by atoms with Crippen molar-refractivity contribution in [2.24, 2.45) is 0 Å². The van der Waals surface area contributed by atoms with E-state index in [-0.39, 0.29) is 5.92 Å². The van der Waals surface area contributed by atoms with Crippen molar-refractivity contribution in [2.45, 2.75) is 11.5 Å². The van der Waals surface area contributed by atoms with Gasteiger partial charge in [0, 0.05) is 5.92 Å². The lowest BCUT2D eigenvalue weighted by molar-refractivity contribution is 0.124. The van der Waals surface area contributed by atoms with Crippen LogP contribution in [-0.2, 0) is 5.60 Å². The Morgan fingerprint density at radius 2 is 1.08 bits per heavy atom. The lowest BCUT2D eigenvalue weighted by atomic mass is 9.76. The standard InChI is InChI=1S/C24H20O/c25-24(20-13-3-1-4-14-20,21-15-5-2-6-16-21)23-18-10-9-17-22(23)19-11-7-8-12-19/h1-19,25H. The molecule has 0 saturated carbocycles. The molecule has 0 unspecified atom stereocenters. The fourth-order valence-corrected chi connectivity index (χ4v) is 3.59. The van der Waals surface area contributed by atoms with Crippen molar-refractivity contribution >= 4 is 0 Å². The number of rotatable bonds is 4. The highest BCUT2D eigenvalue weighted by molar-refractivity contribution is 5.52. The molecule has 0 aliphatic heterocycles. The molecule has 1 aliphatic rings. The van der Waals surface area contributed by atoms with Crippen LogP contribution in [-0.4, -0.2) is 5.11 Å². The third kappa shape index (κ3) is 2.73. The summed E-state index contributed by atoms with van der Waals surface area (Å²) in [5.41, 5.74) is 2.61. The minimum Gasteiger partial charge on any atom is -0.376 e. The lowest BCUT2D eigenvalue weighted by Gasteiger charge is -2.33. The summed E-state index contributed by atoms with van der Waals surface area (Å²) >= 11 is 0. The number of hydrogen-bond donors (Lipinski definition) is 1. The summed E-state index contributed by atoms with van der Waals surface area (Å²) in [4.78, 5) is 0. The molecule has 4 rings (SSSR count). The molecule has 3 aromatic rings. The molecule has 1 N–H and O–H groups in total. The molecule has 1 heteroatoms. The minimum absolute atomic E-state index is 0.190. The van der Waals surface area contributed by atoms with E-state index in [1.165, 1.54) is 0 Å². The Morgan fingerprint density at radius 1 is 0.600 bits per heavy atom. The normalized spacial score (nSPS) is 14.1. The highest BCUT2D eigenvalue weighted by atomic mass is 16.3. The molecule has 0 atom stereocenters. The molecule has 0 bridgehead atoms. The van der Waals surface area contributed by atoms with E-state index in [4.69, 9.17) is 0 Å². The average Bonchev–Trinajstić information content (AvgIpc) is 3.23. The first-order valence-corrected chi connectivity index (χ1v) is 8.58. The second-order valence-electron chi connectivity index (χ2n) is 6.33. The summed E-state index contributed by atoms with van der Waals surface area (Å²) in [6.07, 6.45) is 8.45. The fraction of sp³-hybridized carbons (Fsp3) is 0.0833. The van der Waals surface area contributed by atoms with Crippen LogP contribution in [0, 0.1) is 0 Å². The summed E-state index contributed by atoms with van der Waals surface area (Å²) in [6.45, 7) is 0. The maximum absolute atomic E-state index is 12.0. The van der Waals surface area contributed by atoms with Gasteiger partial charge in [0.1, 0.15) is 5.60 Å². The van der Waals surface area contributed by atoms with Crippen molar-refractivity contribution in [2.75, 3.05) is 0 Å². The minimum atomic E-state index is -1.19. The predicted molar refractivity (Wildman–Crippen MR) is 102 cm³/mol. The summed E-state index contributed by atoms with van der Waals surface area (Å²) < 4.78 is 0. The topological polar surface area (TPSA) is 20.2 Å². The zero-order chi connectivity index (χ0) is 17.1. The van der Waals surface area contributed by atoms with Crippen LogP contribution in [0.25, 0.3) is 0 Å². The van der Waals surface area contributed by atoms with Crippen molar-refractivity contribution in [3.63, 3.8) is 0 Å². The Morgan fingerprint density at radius 3 is 1.64 bits per heavy atom. The van der Waals surface area contributed by atoms with Crippen LogP contribution in [0.2, 0.25) is 0 Å². The number of benzene rings is 3. The largest absolute Gasteiger partial charge is 0.376 e. The van der Waals surface area contributed by atoms with Crippen LogP contribution >= 0.6 is 0 Å². The van der Waals surface area contributed by atoms with Crippen LogP contribution in [0.4, 0.5) is 0 Å². The summed E-state index contributed by atoms with van der Waals surface area (Å²) in [6, 6.07) is 28.0. The van der Waals surface area contributed by atoms with Crippen molar-refractivity contribution in [3.8, 4) is 0 Å². The van der Waals surface area contributed by atoms with E-state index in [1.807, 2.05) is 78.9 Å². The molecule has 1 aliphatic carbocycles. The van der Waals surface area contributed by atoms with Gasteiger partial charge in [-0.1, -0.05) is 109 Å². The molecule has 0 radical (unpaired) electrons. The Bertz CT molecular complexity index is 856. The van der Waals surface area contributed by atoms with Crippen LogP contribution in [0.1, 0.15) is 28.2 Å². The Kier molecular flexibility index (Phi) is 4.09. The summed E-state index contributed by atoms with van der Waals surface area (Å²) in [5, 5.41) is 12.0. The van der Waals surface area contributed by atoms with Gasteiger partial charge < -0.3 is 5.11 Å². The first kappa shape index (κ1) is 15.6. The number of hydrogen-bond acceptors (Lipinski definition) is 1. The third-order valence-electron chi connectivity index (χ3n) is 4.84. The predicted octanol–water partition coefficient (Wildman–Crippen LogP) is 5.18. The van der Waals surface area contributed by atoms with Crippen LogP contribution in [0.5, 0.6) is 0 Å². The van der Waals surface area contributed by atoms with Crippen molar-refractivity contribution < 1.29 is 5.11 Å². The van der Waals surface area contributed by atoms with Crippen LogP contribution < -0.4 is 0 Å². The van der Waals surface area contributed by atoms with E-state index in [0.29, 0.717) is 0 Å². The summed E-state index contributed by atoms with van der Waals surface area (Å²) in [7, 11) is 0. The fourth-order valence-electron chi connectivity index (χ4n) is 3.59. The molecule has 122 valence electrons. The lowest BCUT2D eigenvalue weighted by Crippen LogP contribution is -2.30. The highest BCUT2D eigenvalue weighted by Crippen LogP contribution is 2.41. The highest BCUT2D eigenvalue weighted by Gasteiger charge is 2.36. The van der Waals surface area contributed by atoms with Crippen molar-refractivity contribution in [1.82, 2.24) is 0 Å². The second kappa shape index (κ2) is 6.54. The quantitative estimate of drug-likeness (QED) is 0.656. The van der Waals surface area contributed by atoms with Gasteiger partial charge in [-0.15, -0.1) is 0 Å². The molecule has 0 amide bonds. The molecule has 3 aromatic carbocycles. The van der Waals surface area contributed by atoms with Crippen LogP contribution in [0.3, 0.4) is 0 Å². The monoisotopic (exact) mass is 324 g/mol. The van der Waals surface area contributed by atoms with E-state index in [0.717, 1.165) is 22.3 Å². The number of aliphatic hydroxyl groups is 1. The SMILES string of the molecule is OC(c1ccccc1)(c1ccccc1)c1ccccc1C1C=CC=C1. The Hall–Kier alpha value is -2.90. The number of allylic oxidation sites excluding steroid dienone is 4. The van der Waals surface area contributed by atoms with Gasteiger partial charge >= 0.3 is 0 Å². The van der Waals surface area contributed by atoms with Gasteiger partial charge in [0.15, 0.2) is 0 Å². The molecule has 0 saturated heterocycles. The maximum Gasteiger partial charge on any atom is 0.140 e. The molecular formula is C24H20O. The van der Waals surface area contributed by atoms with Gasteiger partial charge in [0.05, 0.1) is 0 Å². The second-order valence-corrected chi connectivity index (χ2v) is 6.33. The Labute approximate surface area is 148 Å². The van der Waals surface area contributed by atoms with E-state index in [2.05, 4.69) is 30.4 Å². The zero-order valence-corrected chi connectivity index (χ0v) is 13.9. The van der Waals surface area contributed by atoms with Crippen molar-refractivity contribution in [1.29, 1.82) is 0 Å². The van der Waals surface area contributed by atoms with E-state index in [9.17, 15) is 5.11 Å². The molecular weight excluding hydrogens is 304 g/mol.